The summed E-state index contributed by atoms with van der Waals surface area (Å²) in [6.45, 7) is 0.468. The summed E-state index contributed by atoms with van der Waals surface area (Å²) < 4.78 is 8.72. The van der Waals surface area contributed by atoms with Crippen LogP contribution in [-0.4, -0.2) is 19.8 Å². The monoisotopic (exact) mass is 678 g/mol. The Hall–Kier alpha value is -3.83. The third-order valence-electron chi connectivity index (χ3n) is 5.21. The molecule has 9 heteroatoms. The lowest BCUT2D eigenvalue weighted by molar-refractivity contribution is 0.306. The van der Waals surface area contributed by atoms with Crippen molar-refractivity contribution in [2.45, 2.75) is 6.61 Å². The molecule has 4 aromatic rings. The van der Waals surface area contributed by atoms with E-state index in [0.29, 0.717) is 12.6 Å². The Labute approximate surface area is 239 Å². The number of amidine groups is 1. The number of hydrogen-bond donors (Lipinski definition) is 3. The lowest BCUT2D eigenvalue weighted by atomic mass is 10.2. The summed E-state index contributed by atoms with van der Waals surface area (Å²) in [5.74, 6) is 1.12. The third kappa shape index (κ3) is 7.59. The number of aliphatic imine (C=N–C) groups is 2. The van der Waals surface area contributed by atoms with Gasteiger partial charge in [0.1, 0.15) is 12.4 Å². The van der Waals surface area contributed by atoms with Crippen LogP contribution in [-0.2, 0) is 6.61 Å². The SMILES string of the molecule is Brc1ccc(OCc2ccccc2)c(/C=N/NC2=NC(Nc3ccccc3)=IC(Nc3ccccc3)=N2)c1. The Kier molecular flexibility index (Phi) is 8.90. The Morgan fingerprint density at radius 1 is 0.789 bits per heavy atom. The third-order valence-corrected chi connectivity index (χ3v) is 7.74. The van der Waals surface area contributed by atoms with Crippen molar-refractivity contribution >= 4 is 67.8 Å². The van der Waals surface area contributed by atoms with Crippen molar-refractivity contribution in [1.82, 2.24) is 5.43 Å². The van der Waals surface area contributed by atoms with Crippen LogP contribution in [0.1, 0.15) is 11.1 Å². The van der Waals surface area contributed by atoms with E-state index in [-0.39, 0.29) is 0 Å². The van der Waals surface area contributed by atoms with Gasteiger partial charge in [0.15, 0.2) is 7.60 Å². The van der Waals surface area contributed by atoms with Crippen LogP contribution in [0.4, 0.5) is 11.4 Å². The van der Waals surface area contributed by atoms with Crippen molar-refractivity contribution in [3.8, 4) is 5.75 Å². The first-order valence-corrected chi connectivity index (χ1v) is 14.7. The van der Waals surface area contributed by atoms with Crippen LogP contribution >= 0.6 is 36.7 Å². The lowest BCUT2D eigenvalue weighted by Crippen LogP contribution is -2.25. The number of nitrogens with zero attached hydrogens (tertiary/aromatic N) is 3. The van der Waals surface area contributed by atoms with Gasteiger partial charge in [-0.3, -0.25) is 0 Å². The number of para-hydroxylation sites is 2. The first-order chi connectivity index (χ1) is 18.7. The summed E-state index contributed by atoms with van der Waals surface area (Å²) in [6.07, 6.45) is 1.71. The highest BCUT2D eigenvalue weighted by Crippen LogP contribution is 2.23. The van der Waals surface area contributed by atoms with Crippen LogP contribution < -0.4 is 20.8 Å². The number of benzene rings is 4. The zero-order chi connectivity index (χ0) is 26.0. The second kappa shape index (κ2) is 13.1. The summed E-state index contributed by atoms with van der Waals surface area (Å²) in [5.41, 5.74) is 6.87. The van der Waals surface area contributed by atoms with Gasteiger partial charge in [0.2, 0.25) is 5.96 Å². The van der Waals surface area contributed by atoms with Crippen molar-refractivity contribution in [2.75, 3.05) is 10.6 Å². The maximum atomic E-state index is 6.07. The fraction of sp³-hybridized carbons (Fsp3) is 0.0345. The first kappa shape index (κ1) is 25.8. The van der Waals surface area contributed by atoms with Gasteiger partial charge in [0.05, 0.1) is 6.21 Å². The number of hydrogen-bond acceptors (Lipinski definition) is 7. The molecule has 0 aliphatic carbocycles. The van der Waals surface area contributed by atoms with E-state index < -0.39 is 20.7 Å². The second-order valence-electron chi connectivity index (χ2n) is 8.03. The Bertz CT molecular complexity index is 1450. The van der Waals surface area contributed by atoms with Gasteiger partial charge in [-0.25, -0.2) is 5.43 Å². The highest BCUT2D eigenvalue weighted by Gasteiger charge is 2.12. The number of halogens is 2. The fourth-order valence-corrected chi connectivity index (χ4v) is 5.87. The number of guanidine groups is 1. The maximum Gasteiger partial charge on any atom is 0.248 e. The number of ether oxygens (including phenoxy) is 1. The van der Waals surface area contributed by atoms with Crippen molar-refractivity contribution < 1.29 is 4.74 Å². The van der Waals surface area contributed by atoms with Gasteiger partial charge in [-0.2, -0.15) is 15.1 Å². The fourth-order valence-electron chi connectivity index (χ4n) is 3.42. The van der Waals surface area contributed by atoms with Gasteiger partial charge >= 0.3 is 0 Å². The molecule has 1 aliphatic rings. The largest absolute Gasteiger partial charge is 0.488 e. The Morgan fingerprint density at radius 3 is 2.16 bits per heavy atom. The van der Waals surface area contributed by atoms with Gasteiger partial charge in [-0.15, -0.1) is 0 Å². The van der Waals surface area contributed by atoms with Crippen LogP contribution in [0.15, 0.2) is 129 Å². The molecule has 0 saturated heterocycles. The van der Waals surface area contributed by atoms with E-state index in [0.717, 1.165) is 40.3 Å². The van der Waals surface area contributed by atoms with Crippen LogP contribution in [0.25, 0.3) is 0 Å². The van der Waals surface area contributed by atoms with E-state index in [1.54, 1.807) is 6.21 Å². The van der Waals surface area contributed by atoms with Gasteiger partial charge in [-0.05, 0) is 48.0 Å². The maximum absolute atomic E-state index is 6.07. The quantitative estimate of drug-likeness (QED) is 0.0815. The van der Waals surface area contributed by atoms with Gasteiger partial charge < -0.3 is 15.4 Å². The van der Waals surface area contributed by atoms with Gasteiger partial charge in [-0.1, -0.05) is 82.7 Å². The minimum Gasteiger partial charge on any atom is -0.488 e. The molecule has 3 N–H and O–H groups in total. The number of rotatable bonds is 8. The molecule has 4 aromatic carbocycles. The molecule has 0 unspecified atom stereocenters. The predicted octanol–water partition coefficient (Wildman–Crippen LogP) is 6.96. The molecule has 0 fully saturated rings. The average Bonchev–Trinajstić information content (AvgIpc) is 2.94. The van der Waals surface area contributed by atoms with Gasteiger partial charge in [0, 0.05) is 42.1 Å². The Morgan fingerprint density at radius 2 is 1.45 bits per heavy atom. The van der Waals surface area contributed by atoms with Gasteiger partial charge in [0.25, 0.3) is 0 Å². The lowest BCUT2D eigenvalue weighted by Gasteiger charge is -2.14. The molecule has 0 radical (unpaired) electrons. The number of nitrogens with one attached hydrogen (secondary N) is 3. The topological polar surface area (TPSA) is 82.4 Å². The number of anilines is 2. The van der Waals surface area contributed by atoms with Crippen molar-refractivity contribution in [3.63, 3.8) is 0 Å². The van der Waals surface area contributed by atoms with E-state index in [9.17, 15) is 0 Å². The molecule has 5 rings (SSSR count). The van der Waals surface area contributed by atoms with Crippen molar-refractivity contribution in [1.29, 1.82) is 0 Å². The first-order valence-electron chi connectivity index (χ1n) is 11.8. The molecule has 1 heterocycles. The van der Waals surface area contributed by atoms with E-state index in [2.05, 4.69) is 37.1 Å². The van der Waals surface area contributed by atoms with Crippen molar-refractivity contribution in [2.24, 2.45) is 15.1 Å². The normalized spacial score (nSPS) is 13.0. The minimum atomic E-state index is -0.655. The Balaban J connectivity index is 1.33. The molecule has 1 aliphatic heterocycles. The average molecular weight is 679 g/mol. The van der Waals surface area contributed by atoms with Crippen LogP contribution in [0.5, 0.6) is 5.75 Å². The highest BCUT2D eigenvalue weighted by atomic mass is 127. The smallest absolute Gasteiger partial charge is 0.248 e. The molecule has 38 heavy (non-hydrogen) atoms. The molecule has 7 nitrogen and oxygen atoms in total. The highest BCUT2D eigenvalue weighted by molar-refractivity contribution is 14.2. The molecule has 0 saturated carbocycles. The van der Waals surface area contributed by atoms with E-state index in [1.165, 1.54) is 0 Å². The molecule has 0 bridgehead atoms. The zero-order valence-corrected chi connectivity index (χ0v) is 23.9. The molecule has 190 valence electrons. The van der Waals surface area contributed by atoms with E-state index >= 15 is 0 Å². The summed E-state index contributed by atoms with van der Waals surface area (Å²) in [5, 5.41) is 11.3. The van der Waals surface area contributed by atoms with E-state index in [4.69, 9.17) is 14.7 Å². The predicted molar refractivity (Wildman–Crippen MR) is 170 cm³/mol. The molecule has 0 aromatic heterocycles. The summed E-state index contributed by atoms with van der Waals surface area (Å²) in [4.78, 5) is 9.39. The standard InChI is InChI=1S/C29H24BrIN6O/c30-23-16-17-26(38-20-21-10-4-1-5-11-21)22(18-23)19-32-37-29-35-27(33-24-12-6-2-7-13-24)31-28(36-29)34-25-14-8-3-9-15-25/h1-19H,20H2,(H3,33,34,35,36,37)/b32-19+. The second-order valence-corrected chi connectivity index (χ2v) is 11.5. The molecular formula is C29H24BrIN6O. The molecule has 0 spiro atoms. The zero-order valence-electron chi connectivity index (χ0n) is 20.2. The molecular weight excluding hydrogens is 655 g/mol. The number of hydrazone groups is 1. The summed E-state index contributed by atoms with van der Waals surface area (Å²) in [6, 6.07) is 35.9. The van der Waals surface area contributed by atoms with E-state index in [1.807, 2.05) is 109 Å². The van der Waals surface area contributed by atoms with Crippen LogP contribution in [0, 0.1) is 0 Å². The summed E-state index contributed by atoms with van der Waals surface area (Å²) >= 11 is 2.89. The summed E-state index contributed by atoms with van der Waals surface area (Å²) in [7, 11) is 0. The molecule has 0 amide bonds. The molecule has 0 atom stereocenters. The van der Waals surface area contributed by atoms with Crippen LogP contribution in [0.3, 0.4) is 0 Å². The minimum absolute atomic E-state index is 0.394. The van der Waals surface area contributed by atoms with Crippen molar-refractivity contribution in [3.05, 3.63) is 125 Å². The van der Waals surface area contributed by atoms with Crippen LogP contribution in [0.2, 0.25) is 0 Å².